The van der Waals surface area contributed by atoms with Gasteiger partial charge < -0.3 is 10.1 Å². The fourth-order valence-corrected chi connectivity index (χ4v) is 4.01. The number of hydrogen-bond acceptors (Lipinski definition) is 3. The number of ether oxygens (including phenoxy) is 1. The van der Waals surface area contributed by atoms with Gasteiger partial charge >= 0.3 is 0 Å². The number of carbonyl (C=O) groups excluding carboxylic acids is 1. The van der Waals surface area contributed by atoms with Gasteiger partial charge in [-0.15, -0.1) is 0 Å². The summed E-state index contributed by atoms with van der Waals surface area (Å²) in [5.41, 5.74) is 4.74. The molecule has 1 fully saturated rings. The van der Waals surface area contributed by atoms with Crippen molar-refractivity contribution in [2.24, 2.45) is 11.8 Å². The van der Waals surface area contributed by atoms with Crippen LogP contribution >= 0.6 is 0 Å². The van der Waals surface area contributed by atoms with Crippen LogP contribution in [0.1, 0.15) is 59.4 Å². The van der Waals surface area contributed by atoms with Crippen molar-refractivity contribution >= 4 is 5.91 Å². The number of aryl methyl sites for hydroxylation is 1. The smallest absolute Gasteiger partial charge is 0.251 e. The summed E-state index contributed by atoms with van der Waals surface area (Å²) in [5, 5.41) is 2.95. The predicted octanol–water partition coefficient (Wildman–Crippen LogP) is 5.21. The fourth-order valence-electron chi connectivity index (χ4n) is 4.01. The molecular weight excluding hydrogens is 391 g/mol. The van der Waals surface area contributed by atoms with Crippen molar-refractivity contribution in [1.29, 1.82) is 0 Å². The maximum atomic E-state index is 13.7. The van der Waals surface area contributed by atoms with Gasteiger partial charge in [0.25, 0.3) is 5.91 Å². The molecule has 1 saturated heterocycles. The van der Waals surface area contributed by atoms with E-state index in [0.29, 0.717) is 35.5 Å². The number of carbonyl (C=O) groups is 1. The van der Waals surface area contributed by atoms with E-state index in [1.807, 2.05) is 0 Å². The van der Waals surface area contributed by atoms with Crippen LogP contribution in [-0.2, 0) is 0 Å². The molecule has 0 spiro atoms. The maximum Gasteiger partial charge on any atom is 0.251 e. The number of hydrogen-bond donors (Lipinski definition) is 1. The van der Waals surface area contributed by atoms with Crippen LogP contribution in [0.3, 0.4) is 0 Å². The normalized spacial score (nSPS) is 15.6. The van der Waals surface area contributed by atoms with Gasteiger partial charge in [-0.2, -0.15) is 0 Å². The summed E-state index contributed by atoms with van der Waals surface area (Å²) >= 11 is 0. The average molecular weight is 427 g/mol. The van der Waals surface area contributed by atoms with Crippen LogP contribution in [0.2, 0.25) is 0 Å². The van der Waals surface area contributed by atoms with Gasteiger partial charge in [0.1, 0.15) is 11.6 Å². The predicted molar refractivity (Wildman–Crippen MR) is 123 cm³/mol. The average Bonchev–Trinajstić information content (AvgIpc) is 2.69. The van der Waals surface area contributed by atoms with E-state index in [4.69, 9.17) is 4.74 Å². The highest BCUT2D eigenvalue weighted by atomic mass is 19.1. The van der Waals surface area contributed by atoms with E-state index in [-0.39, 0.29) is 11.7 Å². The van der Waals surface area contributed by atoms with Crippen molar-refractivity contribution in [2.45, 2.75) is 47.6 Å². The first-order valence-corrected chi connectivity index (χ1v) is 11.2. The molecule has 3 rings (SSSR count). The molecule has 0 bridgehead atoms. The van der Waals surface area contributed by atoms with Crippen LogP contribution in [0, 0.1) is 38.4 Å². The second-order valence-corrected chi connectivity index (χ2v) is 9.28. The van der Waals surface area contributed by atoms with Gasteiger partial charge in [-0.25, -0.2) is 4.39 Å². The van der Waals surface area contributed by atoms with Gasteiger partial charge in [0.05, 0.1) is 6.61 Å². The summed E-state index contributed by atoms with van der Waals surface area (Å²) in [6.45, 7) is 15.7. The number of benzene rings is 2. The Kier molecular flexibility index (Phi) is 7.37. The minimum Gasteiger partial charge on any atom is -0.493 e. The van der Waals surface area contributed by atoms with E-state index in [2.05, 4.69) is 57.0 Å². The van der Waals surface area contributed by atoms with Gasteiger partial charge in [0.2, 0.25) is 0 Å². The number of nitrogens with zero attached hydrogens (tertiary/aromatic N) is 1. The molecule has 4 nitrogen and oxygen atoms in total. The van der Waals surface area contributed by atoms with Crippen LogP contribution in [-0.4, -0.2) is 37.0 Å². The number of nitrogens with one attached hydrogen (secondary N) is 1. The molecule has 2 aromatic carbocycles. The van der Waals surface area contributed by atoms with Crippen molar-refractivity contribution in [3.63, 3.8) is 0 Å². The van der Waals surface area contributed by atoms with E-state index in [0.717, 1.165) is 25.4 Å². The van der Waals surface area contributed by atoms with Crippen molar-refractivity contribution in [3.8, 4) is 5.75 Å². The second-order valence-electron chi connectivity index (χ2n) is 9.28. The van der Waals surface area contributed by atoms with Crippen molar-refractivity contribution in [3.05, 3.63) is 64.0 Å². The summed E-state index contributed by atoms with van der Waals surface area (Å²) in [6.07, 6.45) is 0. The molecule has 1 amide bonds. The molecule has 1 atom stereocenters. The van der Waals surface area contributed by atoms with E-state index in [9.17, 15) is 9.18 Å². The molecule has 2 aromatic rings. The summed E-state index contributed by atoms with van der Waals surface area (Å²) in [5.74, 6) is 1.33. The molecule has 0 radical (unpaired) electrons. The van der Waals surface area contributed by atoms with Crippen LogP contribution in [0.25, 0.3) is 0 Å². The molecule has 0 aliphatic carbocycles. The van der Waals surface area contributed by atoms with Crippen LogP contribution in [0.15, 0.2) is 30.3 Å². The van der Waals surface area contributed by atoms with Gasteiger partial charge in [-0.3, -0.25) is 9.69 Å². The zero-order valence-electron chi connectivity index (χ0n) is 19.6. The summed E-state index contributed by atoms with van der Waals surface area (Å²) in [7, 11) is 0. The van der Waals surface area contributed by atoms with Gasteiger partial charge in [0, 0.05) is 37.2 Å². The number of likely N-dealkylation sites (tertiary alicyclic amines) is 1. The molecular formula is C26H35FN2O2. The third kappa shape index (κ3) is 5.45. The minimum atomic E-state index is -0.345. The summed E-state index contributed by atoms with van der Waals surface area (Å²) < 4.78 is 19.6. The van der Waals surface area contributed by atoms with Crippen molar-refractivity contribution in [1.82, 2.24) is 10.2 Å². The Morgan fingerprint density at radius 2 is 1.84 bits per heavy atom. The zero-order chi connectivity index (χ0) is 22.7. The second kappa shape index (κ2) is 9.82. The van der Waals surface area contributed by atoms with E-state index in [1.165, 1.54) is 22.8 Å². The van der Waals surface area contributed by atoms with Gasteiger partial charge in [-0.05, 0) is 74.1 Å². The first-order chi connectivity index (χ1) is 14.7. The van der Waals surface area contributed by atoms with Crippen molar-refractivity contribution < 1.29 is 13.9 Å². The molecule has 1 unspecified atom stereocenters. The lowest BCUT2D eigenvalue weighted by Crippen LogP contribution is -2.52. The lowest BCUT2D eigenvalue weighted by molar-refractivity contribution is 0.0569. The SMILES string of the molecule is Cc1ccc(C(=O)NCC2CN(C(C)c3ccc(OCC(C)C)c(C)c3C)C2)cc1F. The summed E-state index contributed by atoms with van der Waals surface area (Å²) in [4.78, 5) is 14.7. The zero-order valence-corrected chi connectivity index (χ0v) is 19.6. The molecule has 1 N–H and O–H groups in total. The number of rotatable bonds is 8. The van der Waals surface area contributed by atoms with E-state index >= 15 is 0 Å². The van der Waals surface area contributed by atoms with Crippen molar-refractivity contribution in [2.75, 3.05) is 26.2 Å². The Balaban J connectivity index is 1.52. The van der Waals surface area contributed by atoms with Gasteiger partial charge in [0.15, 0.2) is 0 Å². The Bertz CT molecular complexity index is 935. The van der Waals surface area contributed by atoms with Crippen LogP contribution < -0.4 is 10.1 Å². The fraction of sp³-hybridized carbons (Fsp3) is 0.500. The Labute approximate surface area is 185 Å². The molecule has 1 aliphatic heterocycles. The Morgan fingerprint density at radius 3 is 2.48 bits per heavy atom. The monoisotopic (exact) mass is 426 g/mol. The quantitative estimate of drug-likeness (QED) is 0.630. The first kappa shape index (κ1) is 23.3. The highest BCUT2D eigenvalue weighted by Crippen LogP contribution is 2.34. The number of amides is 1. The highest BCUT2D eigenvalue weighted by molar-refractivity contribution is 5.94. The topological polar surface area (TPSA) is 41.6 Å². The third-order valence-electron chi connectivity index (χ3n) is 6.32. The Morgan fingerprint density at radius 1 is 1.13 bits per heavy atom. The highest BCUT2D eigenvalue weighted by Gasteiger charge is 2.32. The maximum absolute atomic E-state index is 13.7. The van der Waals surface area contributed by atoms with Crippen LogP contribution in [0.5, 0.6) is 5.75 Å². The minimum absolute atomic E-state index is 0.214. The first-order valence-electron chi connectivity index (χ1n) is 11.2. The lowest BCUT2D eigenvalue weighted by Gasteiger charge is -2.44. The number of halogens is 1. The summed E-state index contributed by atoms with van der Waals surface area (Å²) in [6, 6.07) is 9.21. The van der Waals surface area contributed by atoms with Crippen LogP contribution in [0.4, 0.5) is 4.39 Å². The van der Waals surface area contributed by atoms with E-state index < -0.39 is 0 Å². The third-order valence-corrected chi connectivity index (χ3v) is 6.32. The molecule has 0 aromatic heterocycles. The van der Waals surface area contributed by atoms with E-state index in [1.54, 1.807) is 19.1 Å². The Hall–Kier alpha value is -2.40. The largest absolute Gasteiger partial charge is 0.493 e. The standard InChI is InChI=1S/C26H35FN2O2/c1-16(2)15-31-25-10-9-23(18(4)19(25)5)20(6)29-13-21(14-29)12-28-26(30)22-8-7-17(3)24(27)11-22/h7-11,16,20-21H,12-15H2,1-6H3,(H,28,30). The molecule has 168 valence electrons. The lowest BCUT2D eigenvalue weighted by atomic mass is 9.91. The molecule has 1 heterocycles. The molecule has 1 aliphatic rings. The molecule has 5 heteroatoms. The molecule has 31 heavy (non-hydrogen) atoms. The van der Waals surface area contributed by atoms with Gasteiger partial charge in [-0.1, -0.05) is 26.0 Å². The molecule has 0 saturated carbocycles.